The molecule has 0 aliphatic carbocycles. The van der Waals surface area contributed by atoms with Gasteiger partial charge in [0.15, 0.2) is 11.5 Å². The third kappa shape index (κ3) is 6.62. The van der Waals surface area contributed by atoms with E-state index in [0.29, 0.717) is 52.9 Å². The number of benzene rings is 3. The van der Waals surface area contributed by atoms with Crippen LogP contribution in [0.3, 0.4) is 0 Å². The van der Waals surface area contributed by atoms with Gasteiger partial charge in [0, 0.05) is 25.3 Å². The van der Waals surface area contributed by atoms with Gasteiger partial charge in [-0.25, -0.2) is 4.39 Å². The van der Waals surface area contributed by atoms with Crippen molar-refractivity contribution in [1.29, 1.82) is 0 Å². The lowest BCUT2D eigenvalue weighted by molar-refractivity contribution is -0.142. The topological polar surface area (TPSA) is 130 Å². The normalized spacial score (nSPS) is 16.0. The highest BCUT2D eigenvalue weighted by atomic mass is 19.1. The Kier molecular flexibility index (Phi) is 8.64. The zero-order valence-electron chi connectivity index (χ0n) is 24.0. The number of methoxy groups -OCH3 is 1. The molecule has 2 aliphatic heterocycles. The summed E-state index contributed by atoms with van der Waals surface area (Å²) in [6, 6.07) is 16.9. The maximum absolute atomic E-state index is 14.1. The van der Waals surface area contributed by atoms with Crippen LogP contribution in [0, 0.1) is 5.82 Å². The van der Waals surface area contributed by atoms with E-state index < -0.39 is 23.7 Å². The van der Waals surface area contributed by atoms with Crippen LogP contribution in [0.25, 0.3) is 11.4 Å². The average Bonchev–Trinajstić information content (AvgIpc) is 3.83. The molecular weight excluding hydrogens is 571 g/mol. The van der Waals surface area contributed by atoms with E-state index >= 15 is 0 Å². The molecule has 6 rings (SSSR count). The number of hydrogen-bond donors (Lipinski definition) is 1. The minimum absolute atomic E-state index is 0.0326. The van der Waals surface area contributed by atoms with Crippen molar-refractivity contribution in [1.82, 2.24) is 30.4 Å². The predicted molar refractivity (Wildman–Crippen MR) is 154 cm³/mol. The van der Waals surface area contributed by atoms with Crippen molar-refractivity contribution in [2.24, 2.45) is 0 Å². The van der Waals surface area contributed by atoms with Gasteiger partial charge >= 0.3 is 0 Å². The second kappa shape index (κ2) is 13.1. The molecular formula is C31H31FN6O6. The smallest absolute Gasteiger partial charge is 0.247 e. The van der Waals surface area contributed by atoms with Crippen LogP contribution >= 0.6 is 0 Å². The van der Waals surface area contributed by atoms with E-state index in [1.165, 1.54) is 34.0 Å². The highest BCUT2D eigenvalue weighted by molar-refractivity contribution is 5.88. The van der Waals surface area contributed by atoms with Crippen LogP contribution in [0.15, 0.2) is 66.7 Å². The van der Waals surface area contributed by atoms with E-state index in [9.17, 15) is 14.0 Å². The van der Waals surface area contributed by atoms with Crippen LogP contribution < -0.4 is 19.5 Å². The fourth-order valence-corrected chi connectivity index (χ4v) is 5.17. The highest BCUT2D eigenvalue weighted by Gasteiger charge is 2.33. The molecule has 2 unspecified atom stereocenters. The Morgan fingerprint density at radius 3 is 2.64 bits per heavy atom. The Hall–Kier alpha value is -5.04. The summed E-state index contributed by atoms with van der Waals surface area (Å²) in [5.74, 6) is 0.799. The number of carbonyl (C=O) groups is 2. The fourth-order valence-electron chi connectivity index (χ4n) is 5.17. The summed E-state index contributed by atoms with van der Waals surface area (Å²) >= 11 is 0. The first kappa shape index (κ1) is 29.1. The Bertz CT molecular complexity index is 1610. The van der Waals surface area contributed by atoms with Gasteiger partial charge in [0.1, 0.15) is 24.2 Å². The Balaban J connectivity index is 1.30. The largest absolute Gasteiger partial charge is 0.497 e. The summed E-state index contributed by atoms with van der Waals surface area (Å²) in [5.41, 5.74) is 1.84. The minimum atomic E-state index is -1.10. The number of aromatic nitrogens is 4. The Morgan fingerprint density at radius 2 is 1.89 bits per heavy atom. The van der Waals surface area contributed by atoms with Crippen molar-refractivity contribution < 1.29 is 32.9 Å². The number of halogens is 1. The van der Waals surface area contributed by atoms with E-state index in [2.05, 4.69) is 20.7 Å². The quantitative estimate of drug-likeness (QED) is 0.275. The van der Waals surface area contributed by atoms with Crippen molar-refractivity contribution in [3.05, 3.63) is 83.7 Å². The van der Waals surface area contributed by atoms with Crippen molar-refractivity contribution in [2.75, 3.05) is 27.1 Å². The van der Waals surface area contributed by atoms with E-state index in [0.717, 1.165) is 12.8 Å². The zero-order chi connectivity index (χ0) is 30.5. The molecule has 13 heteroatoms. The molecule has 0 radical (unpaired) electrons. The maximum atomic E-state index is 14.1. The molecule has 3 heterocycles. The molecule has 0 saturated carbocycles. The fraction of sp³-hybridized carbons (Fsp3) is 0.323. The molecule has 228 valence electrons. The summed E-state index contributed by atoms with van der Waals surface area (Å²) in [7, 11) is 1.58. The van der Waals surface area contributed by atoms with E-state index in [4.69, 9.17) is 18.9 Å². The number of amides is 2. The molecule has 2 aliphatic rings. The van der Waals surface area contributed by atoms with Crippen LogP contribution in [0.2, 0.25) is 0 Å². The van der Waals surface area contributed by atoms with Gasteiger partial charge in [0.25, 0.3) is 0 Å². The third-order valence-corrected chi connectivity index (χ3v) is 7.46. The van der Waals surface area contributed by atoms with Crippen LogP contribution in [-0.4, -0.2) is 70.1 Å². The van der Waals surface area contributed by atoms with Crippen LogP contribution in [0.1, 0.15) is 30.0 Å². The Morgan fingerprint density at radius 1 is 1.09 bits per heavy atom. The van der Waals surface area contributed by atoms with Gasteiger partial charge in [-0.05, 0) is 77.7 Å². The number of hydrogen-bond acceptors (Lipinski definition) is 9. The lowest BCUT2D eigenvalue weighted by Crippen LogP contribution is -2.46. The van der Waals surface area contributed by atoms with Crippen LogP contribution in [-0.2, 0) is 27.4 Å². The number of rotatable bonds is 11. The average molecular weight is 603 g/mol. The summed E-state index contributed by atoms with van der Waals surface area (Å²) in [6.07, 6.45) is 1.64. The zero-order valence-corrected chi connectivity index (χ0v) is 24.0. The molecule has 2 atom stereocenters. The van der Waals surface area contributed by atoms with Gasteiger partial charge in [-0.3, -0.25) is 9.59 Å². The van der Waals surface area contributed by atoms with Crippen molar-refractivity contribution >= 4 is 11.8 Å². The maximum Gasteiger partial charge on any atom is 0.247 e. The lowest BCUT2D eigenvalue weighted by atomic mass is 10.0. The van der Waals surface area contributed by atoms with Gasteiger partial charge in [-0.15, -0.1) is 10.2 Å². The molecule has 0 spiro atoms. The van der Waals surface area contributed by atoms with Gasteiger partial charge in [0.2, 0.25) is 24.4 Å². The SMILES string of the molecule is COc1ccc(-c2nnn(CC(=O)N(Cc3ccc4c(c3)OCO4)C(C(=O)NCC3CCCO3)c3ccc(F)cc3)n2)cc1. The summed E-state index contributed by atoms with van der Waals surface area (Å²) in [6.45, 7) is 0.758. The highest BCUT2D eigenvalue weighted by Crippen LogP contribution is 2.34. The van der Waals surface area contributed by atoms with Crippen molar-refractivity contribution in [3.8, 4) is 28.6 Å². The summed E-state index contributed by atoms with van der Waals surface area (Å²) < 4.78 is 35.8. The first-order chi connectivity index (χ1) is 21.5. The second-order valence-corrected chi connectivity index (χ2v) is 10.4. The molecule has 4 aromatic rings. The molecule has 12 nitrogen and oxygen atoms in total. The van der Waals surface area contributed by atoms with Gasteiger partial charge in [-0.2, -0.15) is 4.80 Å². The predicted octanol–water partition coefficient (Wildman–Crippen LogP) is 3.28. The Labute approximate surface area is 252 Å². The number of nitrogens with zero attached hydrogens (tertiary/aromatic N) is 5. The molecule has 3 aromatic carbocycles. The van der Waals surface area contributed by atoms with Crippen LogP contribution in [0.5, 0.6) is 17.2 Å². The van der Waals surface area contributed by atoms with Crippen LogP contribution in [0.4, 0.5) is 4.39 Å². The standard InChI is InChI=1S/C31H31FN6O6/c1-41-24-11-7-22(8-12-24)30-34-36-38(35-30)18-28(39)37(17-20-4-13-26-27(15-20)44-19-43-26)29(21-5-9-23(32)10-6-21)31(40)33-16-25-3-2-14-42-25/h4-13,15,25,29H,2-3,14,16-19H2,1H3,(H,33,40). The monoisotopic (exact) mass is 602 g/mol. The summed E-state index contributed by atoms with van der Waals surface area (Å²) in [5, 5.41) is 15.5. The molecule has 0 bridgehead atoms. The number of tetrazole rings is 1. The van der Waals surface area contributed by atoms with Crippen molar-refractivity contribution in [3.63, 3.8) is 0 Å². The van der Waals surface area contributed by atoms with E-state index in [-0.39, 0.29) is 26.0 Å². The van der Waals surface area contributed by atoms with E-state index in [1.807, 2.05) is 0 Å². The number of fused-ring (bicyclic) bond motifs is 1. The summed E-state index contributed by atoms with van der Waals surface area (Å²) in [4.78, 5) is 30.5. The number of carbonyl (C=O) groups excluding carboxylic acids is 2. The molecule has 44 heavy (non-hydrogen) atoms. The first-order valence-corrected chi connectivity index (χ1v) is 14.2. The number of nitrogens with one attached hydrogen (secondary N) is 1. The van der Waals surface area contributed by atoms with Gasteiger partial charge in [-0.1, -0.05) is 18.2 Å². The number of ether oxygens (including phenoxy) is 4. The van der Waals surface area contributed by atoms with E-state index in [1.54, 1.807) is 49.6 Å². The first-order valence-electron chi connectivity index (χ1n) is 14.2. The lowest BCUT2D eigenvalue weighted by Gasteiger charge is -2.32. The van der Waals surface area contributed by atoms with Crippen molar-refractivity contribution in [2.45, 2.75) is 38.1 Å². The molecule has 1 aromatic heterocycles. The third-order valence-electron chi connectivity index (χ3n) is 7.46. The minimum Gasteiger partial charge on any atom is -0.497 e. The molecule has 1 saturated heterocycles. The second-order valence-electron chi connectivity index (χ2n) is 10.4. The molecule has 2 amide bonds. The van der Waals surface area contributed by atoms with Gasteiger partial charge < -0.3 is 29.2 Å². The molecule has 1 fully saturated rings. The van der Waals surface area contributed by atoms with Gasteiger partial charge in [0.05, 0.1) is 13.2 Å². The molecule has 1 N–H and O–H groups in total.